The Morgan fingerprint density at radius 1 is 0.692 bits per heavy atom. The van der Waals surface area contributed by atoms with E-state index in [1.54, 1.807) is 12.4 Å². The zero-order valence-electron chi connectivity index (χ0n) is 36.4. The van der Waals surface area contributed by atoms with E-state index in [4.69, 9.17) is 34.4 Å². The number of benzene rings is 2. The summed E-state index contributed by atoms with van der Waals surface area (Å²) in [7, 11) is 0. The maximum Gasteiger partial charge on any atom is 0.167 e. The summed E-state index contributed by atoms with van der Waals surface area (Å²) >= 11 is 2.29. The SMILES string of the molecule is C.C#CC1CC1.C[C@H](OC1CCCCO1)c1nccn1Cc1cc(-c2ccc(C#CC3CC3)cc2)on1.C[C@H](OC1CCCCO1)c1nccn1Cc1cc(-c2ccc(I)cc2)on1.F. The molecule has 6 aromatic rings. The standard InChI is InChI=1S/C25H27N3O3.C20H22IN3O3.C5H6.CH4.FH/c1-18(30-24-4-2-3-15-29-24)25-26-13-14-28(25)17-22-16-23(31-27-22)21-11-9-20(10-12-21)8-7-19-5-6-19;1-14(26-19-4-2-3-11-25-19)20-22-9-10-24(20)13-17-12-18(27-23-17)15-5-7-16(21)8-6-15;1-2-5-3-4-5;;/h9-14,16,18-19,24H,2-6,15,17H2,1H3;5-10,12,14,19H,2-4,11,13H2,1H3;1,5H,3-4H2;1H4;1H/t18-,24?;14-,19?;;;/m00.../s1. The summed E-state index contributed by atoms with van der Waals surface area (Å²) in [6.45, 7) is 6.72. The number of nitrogens with zero attached hydrogens (tertiary/aromatic N) is 6. The van der Waals surface area contributed by atoms with E-state index in [1.807, 2.05) is 83.9 Å². The average Bonchev–Trinajstić information content (AvgIpc) is 4.07. The minimum atomic E-state index is -0.159. The number of rotatable bonds is 12. The Bertz CT molecular complexity index is 2440. The van der Waals surface area contributed by atoms with Gasteiger partial charge < -0.3 is 37.1 Å². The van der Waals surface area contributed by atoms with Crippen LogP contribution in [0, 0.1) is 39.6 Å². The molecule has 2 saturated carbocycles. The third-order valence-corrected chi connectivity index (χ3v) is 11.8. The van der Waals surface area contributed by atoms with E-state index in [1.165, 1.54) is 29.3 Å². The molecule has 0 radical (unpaired) electrons. The second kappa shape index (κ2) is 24.4. The molecule has 2 aliphatic heterocycles. The van der Waals surface area contributed by atoms with E-state index in [0.717, 1.165) is 103 Å². The first-order valence-corrected chi connectivity index (χ1v) is 23.3. The number of ether oxygens (including phenoxy) is 4. The predicted octanol–water partition coefficient (Wildman–Crippen LogP) is 11.6. The van der Waals surface area contributed by atoms with Crippen LogP contribution in [-0.2, 0) is 32.0 Å². The molecule has 0 bridgehead atoms. The molecule has 2 aromatic carbocycles. The minimum Gasteiger partial charge on any atom is -0.356 e. The van der Waals surface area contributed by atoms with Crippen LogP contribution in [0.3, 0.4) is 0 Å². The van der Waals surface area contributed by atoms with Gasteiger partial charge in [0.15, 0.2) is 24.1 Å². The number of aromatic nitrogens is 6. The lowest BCUT2D eigenvalue weighted by Gasteiger charge is -2.26. The fourth-order valence-corrected chi connectivity index (χ4v) is 7.59. The van der Waals surface area contributed by atoms with E-state index < -0.39 is 0 Å². The van der Waals surface area contributed by atoms with E-state index in [2.05, 4.69) is 72.8 Å². The quantitative estimate of drug-likeness (QED) is 0.0864. The highest BCUT2D eigenvalue weighted by atomic mass is 127. The van der Waals surface area contributed by atoms with Crippen molar-refractivity contribution in [3.8, 4) is 46.8 Å². The molecule has 2 unspecified atom stereocenters. The number of halogens is 2. The van der Waals surface area contributed by atoms with Crippen molar-refractivity contribution in [3.63, 3.8) is 0 Å². The molecule has 4 aliphatic rings. The van der Waals surface area contributed by atoms with Crippen molar-refractivity contribution in [1.29, 1.82) is 0 Å². The normalized spacial score (nSPS) is 18.7. The molecule has 344 valence electrons. The zero-order valence-corrected chi connectivity index (χ0v) is 38.6. The van der Waals surface area contributed by atoms with Crippen molar-refractivity contribution in [1.82, 2.24) is 29.4 Å². The van der Waals surface area contributed by atoms with Crippen molar-refractivity contribution < 1.29 is 32.7 Å². The van der Waals surface area contributed by atoms with E-state index in [0.29, 0.717) is 24.9 Å². The lowest BCUT2D eigenvalue weighted by atomic mass is 10.1. The first-order valence-electron chi connectivity index (χ1n) is 22.2. The summed E-state index contributed by atoms with van der Waals surface area (Å²) in [5.74, 6) is 13.7. The predicted molar refractivity (Wildman–Crippen MR) is 256 cm³/mol. The number of terminal acetylenes is 1. The van der Waals surface area contributed by atoms with Gasteiger partial charge in [-0.2, -0.15) is 0 Å². The van der Waals surface area contributed by atoms with Gasteiger partial charge >= 0.3 is 0 Å². The molecule has 0 spiro atoms. The Labute approximate surface area is 395 Å². The van der Waals surface area contributed by atoms with Gasteiger partial charge in [0, 0.05) is 82.2 Å². The molecular formula is C51H60FIN6O6. The fourth-order valence-electron chi connectivity index (χ4n) is 7.23. The molecular weight excluding hydrogens is 938 g/mol. The van der Waals surface area contributed by atoms with E-state index in [-0.39, 0.29) is 36.9 Å². The molecule has 65 heavy (non-hydrogen) atoms. The molecule has 4 fully saturated rings. The van der Waals surface area contributed by atoms with Crippen LogP contribution < -0.4 is 0 Å². The highest BCUT2D eigenvalue weighted by Gasteiger charge is 2.23. The molecule has 0 amide bonds. The summed E-state index contributed by atoms with van der Waals surface area (Å²) in [4.78, 5) is 8.97. The second-order valence-electron chi connectivity index (χ2n) is 16.4. The summed E-state index contributed by atoms with van der Waals surface area (Å²) < 4.78 is 39.9. The highest BCUT2D eigenvalue weighted by Crippen LogP contribution is 2.29. The van der Waals surface area contributed by atoms with E-state index in [9.17, 15) is 0 Å². The average molecular weight is 999 g/mol. The molecule has 2 aliphatic carbocycles. The maximum atomic E-state index is 6.08. The van der Waals surface area contributed by atoms with Crippen LogP contribution >= 0.6 is 22.6 Å². The Hall–Kier alpha value is -5.10. The van der Waals surface area contributed by atoms with Crippen LogP contribution in [-0.4, -0.2) is 55.2 Å². The number of imidazole rings is 2. The molecule has 10 rings (SSSR count). The van der Waals surface area contributed by atoms with Crippen LogP contribution in [0.5, 0.6) is 0 Å². The third-order valence-electron chi connectivity index (χ3n) is 11.1. The van der Waals surface area contributed by atoms with Crippen molar-refractivity contribution in [3.05, 3.63) is 118 Å². The lowest BCUT2D eigenvalue weighted by Crippen LogP contribution is -2.24. The molecule has 4 aromatic heterocycles. The van der Waals surface area contributed by atoms with Crippen LogP contribution in [0.1, 0.15) is 126 Å². The maximum absolute atomic E-state index is 6.08. The lowest BCUT2D eigenvalue weighted by molar-refractivity contribution is -0.188. The van der Waals surface area contributed by atoms with Crippen LogP contribution in [0.4, 0.5) is 4.70 Å². The van der Waals surface area contributed by atoms with E-state index >= 15 is 0 Å². The van der Waals surface area contributed by atoms with Gasteiger partial charge in [-0.05, 0) is 137 Å². The highest BCUT2D eigenvalue weighted by molar-refractivity contribution is 14.1. The summed E-state index contributed by atoms with van der Waals surface area (Å²) in [6.07, 6.45) is 23.3. The van der Waals surface area contributed by atoms with Crippen molar-refractivity contribution in [2.45, 2.75) is 123 Å². The van der Waals surface area contributed by atoms with Gasteiger partial charge in [0.2, 0.25) is 0 Å². The van der Waals surface area contributed by atoms with Crippen LogP contribution in [0.25, 0.3) is 22.6 Å². The second-order valence-corrected chi connectivity index (χ2v) is 17.7. The minimum absolute atomic E-state index is 0. The van der Waals surface area contributed by atoms with Crippen molar-refractivity contribution in [2.24, 2.45) is 11.8 Å². The zero-order chi connectivity index (χ0) is 43.4. The molecule has 14 heteroatoms. The monoisotopic (exact) mass is 998 g/mol. The topological polar surface area (TPSA) is 125 Å². The van der Waals surface area contributed by atoms with Crippen LogP contribution in [0.2, 0.25) is 0 Å². The summed E-state index contributed by atoms with van der Waals surface area (Å²) in [5, 5.41) is 8.47. The van der Waals surface area contributed by atoms with Gasteiger partial charge in [-0.15, -0.1) is 12.3 Å². The Kier molecular flexibility index (Phi) is 18.5. The fraction of sp³-hybridized carbons (Fsp3) is 0.451. The first-order chi connectivity index (χ1) is 30.9. The molecule has 4 atom stereocenters. The van der Waals surface area contributed by atoms with Gasteiger partial charge in [-0.1, -0.05) is 41.7 Å². The van der Waals surface area contributed by atoms with Gasteiger partial charge in [0.1, 0.15) is 35.2 Å². The smallest absolute Gasteiger partial charge is 0.167 e. The molecule has 2 saturated heterocycles. The van der Waals surface area contributed by atoms with Gasteiger partial charge in [-0.3, -0.25) is 4.70 Å². The Balaban J connectivity index is 0.000000190. The Morgan fingerprint density at radius 2 is 1.17 bits per heavy atom. The van der Waals surface area contributed by atoms with Crippen molar-refractivity contribution in [2.75, 3.05) is 13.2 Å². The van der Waals surface area contributed by atoms with Gasteiger partial charge in [-0.25, -0.2) is 9.97 Å². The Morgan fingerprint density at radius 3 is 1.58 bits per heavy atom. The molecule has 0 N–H and O–H groups in total. The van der Waals surface area contributed by atoms with Crippen LogP contribution in [0.15, 0.2) is 94.5 Å². The number of hydrogen-bond donors (Lipinski definition) is 0. The van der Waals surface area contributed by atoms with Crippen molar-refractivity contribution >= 4 is 22.6 Å². The summed E-state index contributed by atoms with van der Waals surface area (Å²) in [6, 6.07) is 20.3. The molecule has 6 heterocycles. The van der Waals surface area contributed by atoms with Gasteiger partial charge in [0.25, 0.3) is 0 Å². The number of hydrogen-bond acceptors (Lipinski definition) is 10. The first kappa shape index (κ1) is 49.3. The van der Waals surface area contributed by atoms with Gasteiger partial charge in [0.05, 0.1) is 13.1 Å². The largest absolute Gasteiger partial charge is 0.356 e. The third kappa shape index (κ3) is 14.7. The molecule has 12 nitrogen and oxygen atoms in total. The summed E-state index contributed by atoms with van der Waals surface area (Å²) in [5.41, 5.74) is 4.74.